The summed E-state index contributed by atoms with van der Waals surface area (Å²) in [7, 11) is 0. The van der Waals surface area contributed by atoms with Crippen molar-refractivity contribution in [2.75, 3.05) is 0 Å². The number of benzene rings is 12. The molecule has 0 unspecified atom stereocenters. The average Bonchev–Trinajstić information content (AvgIpc) is 0.781. The molecule has 0 aliphatic heterocycles. The van der Waals surface area contributed by atoms with Crippen LogP contribution in [-0.2, 0) is 54.1 Å². The van der Waals surface area contributed by atoms with Gasteiger partial charge < -0.3 is 0 Å². The molecule has 0 amide bonds. The lowest BCUT2D eigenvalue weighted by Gasteiger charge is -2.26. The van der Waals surface area contributed by atoms with E-state index in [1.165, 1.54) is 33.4 Å². The molecule has 14 rings (SSSR count). The number of terminal acetylenes is 4. The molecule has 0 heterocycles. The molecule has 0 heteroatoms. The Bertz CT molecular complexity index is 7580. The average molecular weight is 1860 g/mol. The van der Waals surface area contributed by atoms with Gasteiger partial charge in [0.25, 0.3) is 0 Å². The highest BCUT2D eigenvalue weighted by atomic mass is 14.3. The summed E-state index contributed by atoms with van der Waals surface area (Å²) in [5, 5.41) is 7.82. The van der Waals surface area contributed by atoms with Crippen LogP contribution >= 0.6 is 0 Å². The van der Waals surface area contributed by atoms with Gasteiger partial charge in [0.15, 0.2) is 0 Å². The van der Waals surface area contributed by atoms with Gasteiger partial charge in [-0.2, -0.15) is 0 Å². The zero-order valence-electron chi connectivity index (χ0n) is 89.8. The summed E-state index contributed by atoms with van der Waals surface area (Å²) in [6, 6.07) is 139. The largest absolute Gasteiger partial charge is 0.115 e. The van der Waals surface area contributed by atoms with Crippen LogP contribution in [0.5, 0.6) is 0 Å². The Labute approximate surface area is 864 Å². The van der Waals surface area contributed by atoms with Crippen LogP contribution in [0.1, 0.15) is 308 Å². The Kier molecular flexibility index (Phi) is 28.7. The van der Waals surface area contributed by atoms with Gasteiger partial charge in [-0.25, -0.2) is 0 Å². The Morgan fingerprint density at radius 3 is 0.569 bits per heavy atom. The molecule has 14 aromatic carbocycles. The molecule has 0 aromatic heterocycles. The minimum Gasteiger partial charge on any atom is -0.115 e. The van der Waals surface area contributed by atoms with E-state index in [4.69, 9.17) is 25.7 Å². The number of fused-ring (bicyclic) bond motifs is 9. The second kappa shape index (κ2) is 39.9. The number of rotatable bonds is 4. The molecule has 0 fully saturated rings. The third kappa shape index (κ3) is 24.4. The molecule has 0 N–H and O–H groups in total. The Balaban J connectivity index is 1.21. The molecule has 144 heavy (non-hydrogen) atoms. The fraction of sp³-hybridized carbons (Fsp3) is 0.278. The molecule has 702 valence electrons. The smallest absolute Gasteiger partial charge is 0.0425 e. The lowest BCUT2D eigenvalue weighted by molar-refractivity contribution is 0.568. The van der Waals surface area contributed by atoms with Crippen LogP contribution in [0.25, 0.3) is 120 Å². The first kappa shape index (κ1) is 103. The van der Waals surface area contributed by atoms with Gasteiger partial charge in [0, 0.05) is 120 Å². The molecule has 0 aliphatic rings. The Morgan fingerprint density at radius 2 is 0.340 bits per heavy atom. The summed E-state index contributed by atoms with van der Waals surface area (Å²) in [6.07, 6.45) is 27.1. The van der Waals surface area contributed by atoms with Gasteiger partial charge in [0.05, 0.1) is 0 Å². The first-order valence-electron chi connectivity index (χ1n) is 49.4. The van der Waals surface area contributed by atoms with Crippen molar-refractivity contribution < 1.29 is 0 Å². The van der Waals surface area contributed by atoms with E-state index < -0.39 is 0 Å². The van der Waals surface area contributed by atoms with Gasteiger partial charge in [0.2, 0.25) is 0 Å². The van der Waals surface area contributed by atoms with Crippen LogP contribution in [0.15, 0.2) is 194 Å². The van der Waals surface area contributed by atoms with Gasteiger partial charge in [-0.3, -0.25) is 0 Å². The minimum atomic E-state index is -0.234. The van der Waals surface area contributed by atoms with Gasteiger partial charge in [-0.05, 0) is 288 Å². The third-order valence-corrected chi connectivity index (χ3v) is 26.4. The maximum Gasteiger partial charge on any atom is 0.0425 e. The minimum absolute atomic E-state index is 0.103. The number of hydrogen-bond donors (Lipinski definition) is 0. The van der Waals surface area contributed by atoms with Crippen LogP contribution in [0, 0.1) is 194 Å². The van der Waals surface area contributed by atoms with E-state index >= 15 is 0 Å². The summed E-state index contributed by atoms with van der Waals surface area (Å²) < 4.78 is 0. The summed E-state index contributed by atoms with van der Waals surface area (Å²) in [5.74, 6) is 26.7. The molecule has 0 atom stereocenters. The summed E-state index contributed by atoms with van der Waals surface area (Å²) >= 11 is 0. The molecule has 0 spiro atoms. The fourth-order valence-electron chi connectivity index (χ4n) is 16.8. The molecule has 0 saturated heterocycles. The normalized spacial score (nSPS) is 11.5. The molecular formula is C144H126. The van der Waals surface area contributed by atoms with Gasteiger partial charge in [-0.1, -0.05) is 437 Å². The quantitative estimate of drug-likeness (QED) is 0.154. The van der Waals surface area contributed by atoms with Crippen molar-refractivity contribution in [3.63, 3.8) is 0 Å². The van der Waals surface area contributed by atoms with Crippen LogP contribution < -0.4 is 0 Å². The summed E-state index contributed by atoms with van der Waals surface area (Å²) in [4.78, 5) is 0. The van der Waals surface area contributed by atoms with E-state index in [9.17, 15) is 0 Å². The van der Waals surface area contributed by atoms with E-state index in [0.717, 1.165) is 77.9 Å². The highest BCUT2D eigenvalue weighted by molar-refractivity contribution is 5.96. The molecule has 14 aromatic rings. The molecule has 8 bridgehead atoms. The van der Waals surface area contributed by atoms with Crippen molar-refractivity contribution >= 4 is 75.4 Å². The van der Waals surface area contributed by atoms with Crippen molar-refractivity contribution in [3.8, 4) is 118 Å². The maximum absolute atomic E-state index is 6.79. The summed E-state index contributed by atoms with van der Waals surface area (Å²) in [5.41, 5.74) is 21.8. The molecule has 0 aliphatic carbocycles. The molecule has 0 saturated carbocycles. The van der Waals surface area contributed by atoms with Crippen LogP contribution in [-0.4, -0.2) is 0 Å². The lowest BCUT2D eigenvalue weighted by Crippen LogP contribution is -2.16. The third-order valence-electron chi connectivity index (χ3n) is 26.4. The van der Waals surface area contributed by atoms with Crippen molar-refractivity contribution in [3.05, 3.63) is 416 Å². The fourth-order valence-corrected chi connectivity index (χ4v) is 16.8. The van der Waals surface area contributed by atoms with Crippen LogP contribution in [0.2, 0.25) is 0 Å². The highest BCUT2D eigenvalue weighted by Gasteiger charge is 2.28. The standard InChI is InChI=1S/C144H126/c1-35-97-87-133(119-83-127(141(23,24)25)93-128(84-119)142(26,27)28)115-49-43-41-47-103-89-131(117-79-123(137(11,12)13)91-124(80-117)138(14,15)16)99(37-3)71-109(103)64-66-114-74-102-46-40-39-45-101-73-113(107(75-111(101)61-59-105(97)77-115)57-51-95-53-67-121(68-54-95)135(5,6)7)65-63-110-72-100(38-4)132(118-81-125(139(17,18)19)92-126(82-118)140(20,21)22)90-104(110)48-42-44-50-116-78-106(60-62-112(102)76-108(114)58-52-96-55-69-122(70-56-96)136(8,9)10)98(36-2)88-134(116)120-85-129(143(29,30)31)94-130(86-120)144(32,33)34/h1-4,53-56,67-94H,5-34H3. The molecular weight excluding hydrogens is 1730 g/mol. The maximum atomic E-state index is 6.79. The molecule has 0 nitrogen and oxygen atoms in total. The zero-order valence-corrected chi connectivity index (χ0v) is 89.8. The van der Waals surface area contributed by atoms with Gasteiger partial charge in [-0.15, -0.1) is 25.7 Å². The Morgan fingerprint density at radius 1 is 0.153 bits per heavy atom. The van der Waals surface area contributed by atoms with E-state index in [1.807, 2.05) is 60.7 Å². The highest BCUT2D eigenvalue weighted by Crippen LogP contribution is 2.43. The predicted molar refractivity (Wildman–Crippen MR) is 608 cm³/mol. The van der Waals surface area contributed by atoms with Crippen molar-refractivity contribution in [2.24, 2.45) is 0 Å². The second-order valence-electron chi connectivity index (χ2n) is 48.1. The number of hydrogen-bond acceptors (Lipinski definition) is 0. The monoisotopic (exact) mass is 1850 g/mol. The zero-order chi connectivity index (χ0) is 105. The SMILES string of the molecule is C#Cc1cc2c#cc3cc4c#cc#cc5cc(c#cc6cc(C#C)c(-c7cc(C(C)(C)C)cc(C(C)(C)C)c7)cc6c#cc#cc6cc(c#cc4cc3C#Cc3ccc(C(C)(C)C)cc3)c(C#C)cc6-c3cc(C(C)(C)C)cc(C(C)(C)C)c3)c(C#Cc3ccc(C(C)(C)C)cc3)cc5c#cc3cc(c#cc#cc2cc1-c1cc(C(C)(C)C)cc(C(C)(C)C)c1)c(-c1cc(C(C)(C)C)cc(C(C)(C)C)c1)cc3C#C. The van der Waals surface area contributed by atoms with Gasteiger partial charge >= 0.3 is 0 Å². The van der Waals surface area contributed by atoms with E-state index in [-0.39, 0.29) is 54.1 Å². The van der Waals surface area contributed by atoms with E-state index in [1.54, 1.807) is 0 Å². The predicted octanol–water partition coefficient (Wildman–Crippen LogP) is 34.3. The van der Waals surface area contributed by atoms with Crippen LogP contribution in [0.3, 0.4) is 0 Å². The Hall–Kier alpha value is -16.4. The summed E-state index contributed by atoms with van der Waals surface area (Å²) in [6.45, 7) is 66.9. The van der Waals surface area contributed by atoms with Crippen LogP contribution in [0.4, 0.5) is 0 Å². The molecule has 0 radical (unpaired) electrons. The first-order chi connectivity index (χ1) is 67.4. The lowest BCUT2D eigenvalue weighted by atomic mass is 9.78. The second-order valence-corrected chi connectivity index (χ2v) is 48.1. The van der Waals surface area contributed by atoms with Crippen molar-refractivity contribution in [2.45, 2.75) is 262 Å². The van der Waals surface area contributed by atoms with E-state index in [0.29, 0.717) is 109 Å². The van der Waals surface area contributed by atoms with E-state index in [2.05, 4.69) is 510 Å². The van der Waals surface area contributed by atoms with Crippen molar-refractivity contribution in [1.29, 1.82) is 0 Å². The first-order valence-corrected chi connectivity index (χ1v) is 49.4. The van der Waals surface area contributed by atoms with Crippen molar-refractivity contribution in [1.82, 2.24) is 0 Å². The topological polar surface area (TPSA) is 0 Å². The van der Waals surface area contributed by atoms with Gasteiger partial charge in [0.1, 0.15) is 0 Å².